The molecule has 1 N–H and O–H groups in total. The summed E-state index contributed by atoms with van der Waals surface area (Å²) in [6, 6.07) is 2.62. The van der Waals surface area contributed by atoms with Gasteiger partial charge in [-0.15, -0.1) is 10.2 Å². The van der Waals surface area contributed by atoms with Crippen molar-refractivity contribution in [3.05, 3.63) is 27.6 Å². The number of carbonyl (C=O) groups excluding carboxylic acids is 1. The number of fused-ring (bicyclic) bond motifs is 1. The first-order chi connectivity index (χ1) is 16.8. The zero-order chi connectivity index (χ0) is 26.5. The van der Waals surface area contributed by atoms with Crippen molar-refractivity contribution in [3.63, 3.8) is 0 Å². The first-order valence-electron chi connectivity index (χ1n) is 11.0. The predicted octanol–water partition coefficient (Wildman–Crippen LogP) is 3.14. The van der Waals surface area contributed by atoms with Crippen LogP contribution in [0.2, 0.25) is 0 Å². The van der Waals surface area contributed by atoms with Gasteiger partial charge < -0.3 is 19.1 Å². The fraction of sp³-hybridized carbons (Fsp3) is 0.524. The van der Waals surface area contributed by atoms with Crippen LogP contribution in [-0.2, 0) is 22.9 Å². The summed E-state index contributed by atoms with van der Waals surface area (Å²) in [6.45, 7) is 8.28. The average molecular weight is 545 g/mol. The van der Waals surface area contributed by atoms with Gasteiger partial charge in [-0.3, -0.25) is 4.57 Å². The van der Waals surface area contributed by atoms with Crippen LogP contribution >= 0.6 is 11.3 Å². The van der Waals surface area contributed by atoms with E-state index in [9.17, 15) is 27.1 Å². The zero-order valence-electron chi connectivity index (χ0n) is 20.3. The number of ether oxygens (including phenoxy) is 1. The Bertz CT molecular complexity index is 1400. The summed E-state index contributed by atoms with van der Waals surface area (Å²) in [7, 11) is 1.52. The summed E-state index contributed by atoms with van der Waals surface area (Å²) < 4.78 is 56.1. The molecule has 36 heavy (non-hydrogen) atoms. The number of imidazole rings is 1. The highest BCUT2D eigenvalue weighted by atomic mass is 32.2. The number of rotatable bonds is 4. The monoisotopic (exact) mass is 544 g/mol. The third-order valence-corrected chi connectivity index (χ3v) is 7.26. The van der Waals surface area contributed by atoms with Crippen molar-refractivity contribution in [2.45, 2.75) is 50.7 Å². The summed E-state index contributed by atoms with van der Waals surface area (Å²) in [4.78, 5) is 29.4. The Balaban J connectivity index is 1.79. The highest BCUT2D eigenvalue weighted by molar-refractivity contribution is 7.79. The number of alkyl halides is 2. The SMILES string of the molecule is C[C@@H]1CN(c2cc(S(=O)O)cc3c2n(C)c(=O)n3-c2nnc(C(F)F)s2)CCN1C(=O)OC(C)(C)C. The summed E-state index contributed by atoms with van der Waals surface area (Å²) in [5, 5.41) is 6.59. The first kappa shape index (κ1) is 26.2. The molecule has 1 amide bonds. The van der Waals surface area contributed by atoms with Gasteiger partial charge in [0, 0.05) is 32.7 Å². The van der Waals surface area contributed by atoms with Crippen molar-refractivity contribution in [1.29, 1.82) is 0 Å². The molecule has 15 heteroatoms. The molecule has 1 aromatic carbocycles. The van der Waals surface area contributed by atoms with Crippen LogP contribution in [-0.4, -0.2) is 70.4 Å². The maximum Gasteiger partial charge on any atom is 0.410 e. The Hall–Kier alpha value is -2.91. The highest BCUT2D eigenvalue weighted by Gasteiger charge is 2.33. The van der Waals surface area contributed by atoms with Gasteiger partial charge in [-0.05, 0) is 39.8 Å². The normalized spacial score (nSPS) is 17.8. The second-order valence-electron chi connectivity index (χ2n) is 9.43. The largest absolute Gasteiger partial charge is 0.444 e. The van der Waals surface area contributed by atoms with Crippen LogP contribution in [0.3, 0.4) is 0 Å². The van der Waals surface area contributed by atoms with Crippen LogP contribution < -0.4 is 10.6 Å². The summed E-state index contributed by atoms with van der Waals surface area (Å²) in [5.74, 6) is 0. The lowest BCUT2D eigenvalue weighted by atomic mass is 10.1. The topological polar surface area (TPSA) is 123 Å². The summed E-state index contributed by atoms with van der Waals surface area (Å²) in [5.41, 5.74) is -0.0463. The second kappa shape index (κ2) is 9.52. The van der Waals surface area contributed by atoms with Gasteiger partial charge in [0.15, 0.2) is 16.1 Å². The molecule has 3 heterocycles. The number of nitrogens with zero attached hydrogens (tertiary/aromatic N) is 6. The molecule has 1 saturated heterocycles. The first-order valence-corrected chi connectivity index (χ1v) is 12.9. The van der Waals surface area contributed by atoms with Crippen molar-refractivity contribution in [2.24, 2.45) is 7.05 Å². The molecule has 196 valence electrons. The minimum atomic E-state index is -2.85. The van der Waals surface area contributed by atoms with Crippen LogP contribution in [0.4, 0.5) is 19.3 Å². The lowest BCUT2D eigenvalue weighted by Gasteiger charge is -2.41. The Morgan fingerprint density at radius 3 is 2.53 bits per heavy atom. The molecule has 0 spiro atoms. The van der Waals surface area contributed by atoms with Gasteiger partial charge in [-0.2, -0.15) is 0 Å². The molecule has 0 aliphatic carbocycles. The molecule has 0 saturated carbocycles. The van der Waals surface area contributed by atoms with E-state index in [-0.39, 0.29) is 21.6 Å². The predicted molar refractivity (Wildman–Crippen MR) is 131 cm³/mol. The standard InChI is InChI=1S/C21H26F2N6O5S2/c1-11-10-27(6-7-28(11)20(31)34-21(2,3)4)13-8-12(36(32)33)9-14-15(13)26(5)19(30)29(14)18-25-24-17(35-18)16(22)23/h8-9,11,16H,6-7,10H2,1-5H3,(H,32,33)/t11-/m1/s1. The fourth-order valence-corrected chi connectivity index (χ4v) is 5.27. The molecular weight excluding hydrogens is 518 g/mol. The number of hydrogen-bond donors (Lipinski definition) is 1. The number of halogens is 2. The fourth-order valence-electron chi connectivity index (χ4n) is 4.14. The number of aryl methyl sites for hydroxylation is 1. The number of benzene rings is 1. The smallest absolute Gasteiger partial charge is 0.410 e. The number of amides is 1. The molecule has 1 aliphatic heterocycles. The zero-order valence-corrected chi connectivity index (χ0v) is 21.9. The van der Waals surface area contributed by atoms with Gasteiger partial charge in [0.05, 0.1) is 21.6 Å². The molecule has 0 radical (unpaired) electrons. The van der Waals surface area contributed by atoms with Crippen molar-refractivity contribution < 1.29 is 27.1 Å². The van der Waals surface area contributed by atoms with Crippen LogP contribution in [0.5, 0.6) is 0 Å². The second-order valence-corrected chi connectivity index (χ2v) is 11.4. The molecule has 1 aliphatic rings. The quantitative estimate of drug-likeness (QED) is 0.497. The molecule has 1 unspecified atom stereocenters. The Kier molecular flexibility index (Phi) is 6.92. The van der Waals surface area contributed by atoms with Gasteiger partial charge in [0.2, 0.25) is 5.13 Å². The average Bonchev–Trinajstić information content (AvgIpc) is 3.35. The summed E-state index contributed by atoms with van der Waals surface area (Å²) >= 11 is -1.82. The molecule has 11 nitrogen and oxygen atoms in total. The van der Waals surface area contributed by atoms with Gasteiger partial charge in [0.1, 0.15) is 5.60 Å². The van der Waals surface area contributed by atoms with Crippen molar-refractivity contribution >= 4 is 45.2 Å². The van der Waals surface area contributed by atoms with Gasteiger partial charge in [0.25, 0.3) is 6.43 Å². The number of anilines is 1. The number of hydrogen-bond acceptors (Lipinski definition) is 8. The van der Waals surface area contributed by atoms with Crippen molar-refractivity contribution in [2.75, 3.05) is 24.5 Å². The van der Waals surface area contributed by atoms with E-state index in [4.69, 9.17) is 4.74 Å². The van der Waals surface area contributed by atoms with Crippen LogP contribution in [0.15, 0.2) is 21.8 Å². The molecule has 0 bridgehead atoms. The van der Waals surface area contributed by atoms with E-state index in [0.29, 0.717) is 42.2 Å². The lowest BCUT2D eigenvalue weighted by Crippen LogP contribution is -2.55. The van der Waals surface area contributed by atoms with Crippen molar-refractivity contribution in [1.82, 2.24) is 24.2 Å². The highest BCUT2D eigenvalue weighted by Crippen LogP contribution is 2.33. The Labute approximate surface area is 211 Å². The van der Waals surface area contributed by atoms with Crippen molar-refractivity contribution in [3.8, 4) is 5.13 Å². The number of piperazine rings is 1. The van der Waals surface area contributed by atoms with E-state index in [2.05, 4.69) is 10.2 Å². The van der Waals surface area contributed by atoms with E-state index < -0.39 is 39.9 Å². The minimum Gasteiger partial charge on any atom is -0.444 e. The lowest BCUT2D eigenvalue weighted by molar-refractivity contribution is 0.0159. The maximum atomic E-state index is 13.2. The Morgan fingerprint density at radius 2 is 1.97 bits per heavy atom. The molecule has 3 aromatic rings. The third-order valence-electron chi connectivity index (χ3n) is 5.70. The molecule has 2 aromatic heterocycles. The van der Waals surface area contributed by atoms with Gasteiger partial charge in [-0.1, -0.05) is 11.3 Å². The molecular formula is C21H26F2N6O5S2. The van der Waals surface area contributed by atoms with E-state index in [1.54, 1.807) is 25.7 Å². The van der Waals surface area contributed by atoms with Gasteiger partial charge >= 0.3 is 11.8 Å². The molecule has 4 rings (SSSR count). The van der Waals surface area contributed by atoms with Crippen LogP contribution in [0.25, 0.3) is 16.2 Å². The van der Waals surface area contributed by atoms with E-state index >= 15 is 0 Å². The van der Waals surface area contributed by atoms with Crippen LogP contribution in [0.1, 0.15) is 39.1 Å². The maximum absolute atomic E-state index is 13.2. The third kappa shape index (κ3) is 4.86. The minimum absolute atomic E-state index is 0.0256. The molecule has 2 atom stereocenters. The van der Waals surface area contributed by atoms with Crippen LogP contribution in [0, 0.1) is 0 Å². The van der Waals surface area contributed by atoms with E-state index in [1.165, 1.54) is 23.7 Å². The van der Waals surface area contributed by atoms with E-state index in [1.807, 2.05) is 11.8 Å². The van der Waals surface area contributed by atoms with Gasteiger partial charge in [-0.25, -0.2) is 27.1 Å². The number of carbonyl (C=O) groups is 1. The Morgan fingerprint density at radius 1 is 1.28 bits per heavy atom. The molecule has 1 fully saturated rings. The number of aromatic nitrogens is 4. The summed E-state index contributed by atoms with van der Waals surface area (Å²) in [6.07, 6.45) is -3.28. The van der Waals surface area contributed by atoms with E-state index in [0.717, 1.165) is 4.57 Å².